The number of ether oxygens (including phenoxy) is 5. The first-order chi connectivity index (χ1) is 37.7. The van der Waals surface area contributed by atoms with Crippen LogP contribution in [0.2, 0.25) is 0 Å². The zero-order valence-electron chi connectivity index (χ0n) is 44.4. The predicted molar refractivity (Wildman–Crippen MR) is 292 cm³/mol. The molecule has 7 rings (SSSR count). The van der Waals surface area contributed by atoms with Crippen LogP contribution in [0.15, 0.2) is 134 Å². The third-order valence-electron chi connectivity index (χ3n) is 12.6. The van der Waals surface area contributed by atoms with Crippen LogP contribution < -0.4 is 18.9 Å². The fourth-order valence-electron chi connectivity index (χ4n) is 8.82. The highest BCUT2D eigenvalue weighted by Gasteiger charge is 2.39. The molecule has 0 aliphatic carbocycles. The second-order valence-electron chi connectivity index (χ2n) is 18.7. The molecule has 21 heteroatoms. The minimum atomic E-state index is -1.70. The Morgan fingerprint density at radius 2 is 1.24 bits per heavy atom. The van der Waals surface area contributed by atoms with Gasteiger partial charge in [0.1, 0.15) is 17.1 Å². The molecule has 20 nitrogen and oxygen atoms in total. The second-order valence-corrected chi connectivity index (χ2v) is 20.1. The Hall–Kier alpha value is -7.92. The number of nitro groups is 2. The van der Waals surface area contributed by atoms with Crippen molar-refractivity contribution in [3.63, 3.8) is 0 Å². The summed E-state index contributed by atoms with van der Waals surface area (Å²) in [5.41, 5.74) is 3.28. The molecule has 2 atom stereocenters. The number of aromatic nitrogens is 4. The quantitative estimate of drug-likeness (QED) is 0.0129. The lowest BCUT2D eigenvalue weighted by Gasteiger charge is -2.38. The van der Waals surface area contributed by atoms with Crippen LogP contribution in [0, 0.1) is 37.5 Å². The third-order valence-corrected chi connectivity index (χ3v) is 14.7. The molecule has 0 saturated heterocycles. The zero-order chi connectivity index (χ0) is 55.6. The molecule has 0 bridgehead atoms. The van der Waals surface area contributed by atoms with E-state index in [1.807, 2.05) is 78.9 Å². The average molecular weight is 1080 g/mol. The number of rotatable bonds is 31. The van der Waals surface area contributed by atoms with Crippen LogP contribution in [0.5, 0.6) is 23.4 Å². The van der Waals surface area contributed by atoms with Gasteiger partial charge in [-0.2, -0.15) is 15.2 Å². The van der Waals surface area contributed by atoms with E-state index in [9.17, 15) is 30.3 Å². The molecular formula is C57H63N8O12P. The van der Waals surface area contributed by atoms with Gasteiger partial charge in [0.05, 0.1) is 82.5 Å². The number of imidazole rings is 1. The monoisotopic (exact) mass is 1080 g/mol. The summed E-state index contributed by atoms with van der Waals surface area (Å²) in [6.45, 7) is 8.49. The number of carbonyl (C=O) groups excluding carboxylic acids is 1. The first-order valence-electron chi connectivity index (χ1n) is 25.4. The van der Waals surface area contributed by atoms with Crippen molar-refractivity contribution in [2.45, 2.75) is 77.6 Å². The lowest BCUT2D eigenvalue weighted by atomic mass is 9.79. The summed E-state index contributed by atoms with van der Waals surface area (Å²) < 4.78 is 47.5. The van der Waals surface area contributed by atoms with Crippen molar-refractivity contribution in [1.82, 2.24) is 24.2 Å². The van der Waals surface area contributed by atoms with Crippen LogP contribution in [0.3, 0.4) is 0 Å². The van der Waals surface area contributed by atoms with Crippen molar-refractivity contribution < 1.29 is 47.4 Å². The van der Waals surface area contributed by atoms with Gasteiger partial charge in [0.2, 0.25) is 5.88 Å². The van der Waals surface area contributed by atoms with E-state index in [2.05, 4.69) is 48.4 Å². The van der Waals surface area contributed by atoms with Gasteiger partial charge in [-0.3, -0.25) is 25.0 Å². The summed E-state index contributed by atoms with van der Waals surface area (Å²) in [6.07, 6.45) is 2.39. The van der Waals surface area contributed by atoms with E-state index in [1.54, 1.807) is 43.1 Å². The smallest absolute Gasteiger partial charge is 0.321 e. The third kappa shape index (κ3) is 15.0. The van der Waals surface area contributed by atoms with Crippen molar-refractivity contribution in [3.05, 3.63) is 182 Å². The highest BCUT2D eigenvalue weighted by Crippen LogP contribution is 2.47. The zero-order valence-corrected chi connectivity index (χ0v) is 45.3. The minimum absolute atomic E-state index is 0.0225. The maximum Gasteiger partial charge on any atom is 0.321 e. The van der Waals surface area contributed by atoms with E-state index >= 15 is 0 Å². The highest BCUT2D eigenvalue weighted by atomic mass is 31.2. The highest BCUT2D eigenvalue weighted by molar-refractivity contribution is 7.44. The van der Waals surface area contributed by atoms with Crippen LogP contribution >= 0.6 is 8.53 Å². The fraction of sp³-hybridized carbons (Fsp3) is 0.351. The molecule has 5 aromatic carbocycles. The molecule has 0 aliphatic heterocycles. The number of carbonyl (C=O) groups is 1. The van der Waals surface area contributed by atoms with Gasteiger partial charge in [0, 0.05) is 61.5 Å². The molecule has 7 aromatic rings. The Labute approximate surface area is 454 Å². The van der Waals surface area contributed by atoms with E-state index < -0.39 is 29.9 Å². The van der Waals surface area contributed by atoms with Gasteiger partial charge in [-0.1, -0.05) is 78.9 Å². The lowest BCUT2D eigenvalue weighted by Crippen LogP contribution is -2.37. The molecule has 2 heterocycles. The van der Waals surface area contributed by atoms with E-state index in [-0.39, 0.29) is 105 Å². The summed E-state index contributed by atoms with van der Waals surface area (Å²) in [7, 11) is 1.52. The molecule has 1 unspecified atom stereocenters. The fourth-order valence-corrected chi connectivity index (χ4v) is 10.5. The van der Waals surface area contributed by atoms with Gasteiger partial charge in [-0.05, 0) is 79.8 Å². The van der Waals surface area contributed by atoms with Gasteiger partial charge < -0.3 is 37.3 Å². The Morgan fingerprint density at radius 3 is 1.76 bits per heavy atom. The van der Waals surface area contributed by atoms with Crippen molar-refractivity contribution in [1.29, 1.82) is 5.26 Å². The molecule has 0 saturated carbocycles. The van der Waals surface area contributed by atoms with E-state index in [0.29, 0.717) is 24.3 Å². The lowest BCUT2D eigenvalue weighted by molar-refractivity contribution is -0.385. The van der Waals surface area contributed by atoms with E-state index in [0.717, 1.165) is 27.8 Å². The maximum absolute atomic E-state index is 14.8. The number of fused-ring (bicyclic) bond motifs is 1. The number of nitro benzene ring substituents is 2. The van der Waals surface area contributed by atoms with Crippen molar-refractivity contribution in [2.75, 3.05) is 47.3 Å². The number of hydrogen-bond donors (Lipinski definition) is 0. The number of hydrogen-bond acceptors (Lipinski definition) is 17. The molecule has 0 amide bonds. The maximum atomic E-state index is 14.8. The summed E-state index contributed by atoms with van der Waals surface area (Å²) >= 11 is 0. The Kier molecular flexibility index (Phi) is 20.7. The van der Waals surface area contributed by atoms with Gasteiger partial charge in [0.15, 0.2) is 16.9 Å². The number of benzene rings is 5. The van der Waals surface area contributed by atoms with Gasteiger partial charge >= 0.3 is 6.01 Å². The van der Waals surface area contributed by atoms with E-state index in [4.69, 9.17) is 37.7 Å². The number of nitriles is 1. The summed E-state index contributed by atoms with van der Waals surface area (Å²) in [5.74, 6) is 0.651. The minimum Gasteiger partial charge on any atom is -0.497 e. The Bertz CT molecular complexity index is 3050. The van der Waals surface area contributed by atoms with Crippen molar-refractivity contribution in [2.24, 2.45) is 5.92 Å². The molecule has 0 aliphatic rings. The van der Waals surface area contributed by atoms with Crippen LogP contribution in [-0.4, -0.2) is 99.2 Å². The first kappa shape index (κ1) is 57.8. The van der Waals surface area contributed by atoms with Crippen LogP contribution in [0.1, 0.15) is 68.4 Å². The Morgan fingerprint density at radius 1 is 0.705 bits per heavy atom. The molecule has 2 aromatic heterocycles. The van der Waals surface area contributed by atoms with Crippen molar-refractivity contribution in [3.8, 4) is 29.5 Å². The van der Waals surface area contributed by atoms with Gasteiger partial charge in [0.25, 0.3) is 19.9 Å². The molecular weight excluding hydrogens is 1020 g/mol. The summed E-state index contributed by atoms with van der Waals surface area (Å²) in [6, 6.07) is 39.7. The van der Waals surface area contributed by atoms with Crippen molar-refractivity contribution >= 4 is 36.8 Å². The van der Waals surface area contributed by atoms with E-state index in [1.165, 1.54) is 30.6 Å². The molecule has 0 spiro atoms. The number of ketones is 1. The number of non-ortho nitro benzene ring substituents is 2. The summed E-state index contributed by atoms with van der Waals surface area (Å²) in [4.78, 5) is 50.2. The number of methoxy groups -OCH3 is 2. The number of nitrogens with zero attached hydrogens (tertiary/aromatic N) is 8. The molecule has 0 radical (unpaired) electrons. The largest absolute Gasteiger partial charge is 0.497 e. The molecule has 0 N–H and O–H groups in total. The Balaban J connectivity index is 1.21. The average Bonchev–Trinajstić information content (AvgIpc) is 3.88. The molecule has 408 valence electrons. The standard InChI is InChI=1S/C57H63N8O12P/c1-40(2)63(41(3)4)78(76-32-10-31-58)77-38-44(37-75-57(45-11-8-7-9-12-45,46-17-25-51(71-5)26-18-46)47-19-27-52(72-6)28-20-47)35-50(66)36-62-39-59-53-54(62)60-56(74-34-30-43-15-23-49(24-16-43)65(69)70)61-55(53)73-33-29-42-13-21-48(22-14-42)64(67)68/h7-9,11-28,39-41,44H,10,29-30,32-38H2,1-6H3/t44-,78?/m0/s1. The topological polar surface area (TPSA) is 239 Å². The van der Waals surface area contributed by atoms with Gasteiger partial charge in [-0.15, -0.1) is 0 Å². The van der Waals surface area contributed by atoms with Crippen LogP contribution in [0.4, 0.5) is 11.4 Å². The van der Waals surface area contributed by atoms with Gasteiger partial charge in [-0.25, -0.2) is 9.65 Å². The summed E-state index contributed by atoms with van der Waals surface area (Å²) in [5, 5.41) is 31.9. The number of Topliss-reactive ketones (excluding diaryl/α,β-unsaturated/α-hetero) is 1. The second kappa shape index (κ2) is 27.9. The molecule has 0 fully saturated rings. The molecule has 78 heavy (non-hydrogen) atoms. The first-order valence-corrected chi connectivity index (χ1v) is 26.5. The predicted octanol–water partition coefficient (Wildman–Crippen LogP) is 10.8. The normalized spacial score (nSPS) is 12.4. The SMILES string of the molecule is COc1ccc(C(OC[C@@H](COP(OCCC#N)N(C(C)C)C(C)C)CC(=O)Cn2cnc3c(OCCc4ccc([N+](=O)[O-])cc4)nc(OCCc4ccc([N+](=O)[O-])cc4)nc32)(c2ccccc2)c2ccc(OC)cc2)cc1. The van der Waals surface area contributed by atoms with Crippen LogP contribution in [0.25, 0.3) is 11.2 Å². The van der Waals surface area contributed by atoms with Crippen LogP contribution in [-0.2, 0) is 43.6 Å².